The van der Waals surface area contributed by atoms with Crippen molar-refractivity contribution in [2.75, 3.05) is 6.61 Å². The minimum absolute atomic E-state index is 0.173. The molecule has 0 fully saturated rings. The van der Waals surface area contributed by atoms with Crippen LogP contribution < -0.4 is 4.74 Å². The van der Waals surface area contributed by atoms with Crippen LogP contribution in [-0.2, 0) is 4.79 Å². The molecule has 0 bridgehead atoms. The summed E-state index contributed by atoms with van der Waals surface area (Å²) in [5.41, 5.74) is 1.33. The van der Waals surface area contributed by atoms with Crippen molar-refractivity contribution in [3.05, 3.63) is 76.4 Å². The van der Waals surface area contributed by atoms with E-state index in [1.54, 1.807) is 47.9 Å². The van der Waals surface area contributed by atoms with Crippen molar-refractivity contribution in [1.29, 1.82) is 5.26 Å². The van der Waals surface area contributed by atoms with E-state index in [1.807, 2.05) is 29.6 Å². The van der Waals surface area contributed by atoms with Crippen LogP contribution in [-0.4, -0.2) is 23.2 Å². The van der Waals surface area contributed by atoms with Crippen LogP contribution in [0.25, 0.3) is 0 Å². The number of hydrazone groups is 1. The van der Waals surface area contributed by atoms with Crippen LogP contribution in [0.15, 0.2) is 69.7 Å². The highest BCUT2D eigenvalue weighted by Crippen LogP contribution is 2.34. The number of hydrogen-bond donors (Lipinski definition) is 0. The van der Waals surface area contributed by atoms with Gasteiger partial charge >= 0.3 is 0 Å². The van der Waals surface area contributed by atoms with Crippen LogP contribution in [0.5, 0.6) is 5.75 Å². The minimum atomic E-state index is -0.293. The Morgan fingerprint density at radius 2 is 2.26 bits per heavy atom. The molecule has 2 aromatic heterocycles. The molecule has 1 aliphatic rings. The molecule has 1 unspecified atom stereocenters. The first-order valence-electron chi connectivity index (χ1n) is 8.34. The van der Waals surface area contributed by atoms with Gasteiger partial charge in [-0.1, -0.05) is 12.1 Å². The van der Waals surface area contributed by atoms with Gasteiger partial charge in [-0.2, -0.15) is 10.4 Å². The van der Waals surface area contributed by atoms with E-state index >= 15 is 0 Å². The fourth-order valence-corrected chi connectivity index (χ4v) is 3.62. The highest BCUT2D eigenvalue weighted by atomic mass is 32.1. The van der Waals surface area contributed by atoms with Gasteiger partial charge < -0.3 is 9.15 Å². The Bertz CT molecular complexity index is 1000. The molecular weight excluding hydrogens is 362 g/mol. The number of amides is 1. The molecule has 27 heavy (non-hydrogen) atoms. The van der Waals surface area contributed by atoms with Gasteiger partial charge in [-0.25, -0.2) is 5.01 Å². The lowest BCUT2D eigenvalue weighted by molar-refractivity contribution is -0.135. The van der Waals surface area contributed by atoms with E-state index in [9.17, 15) is 4.79 Å². The first-order chi connectivity index (χ1) is 13.2. The van der Waals surface area contributed by atoms with Gasteiger partial charge in [-0.05, 0) is 41.8 Å². The summed E-state index contributed by atoms with van der Waals surface area (Å²) < 4.78 is 11.1. The third kappa shape index (κ3) is 3.61. The number of benzene rings is 1. The van der Waals surface area contributed by atoms with Gasteiger partial charge in [0.1, 0.15) is 17.6 Å². The van der Waals surface area contributed by atoms with E-state index in [-0.39, 0.29) is 18.6 Å². The minimum Gasteiger partial charge on any atom is -0.484 e. The SMILES string of the molecule is N#Cc1cccc(OCC(=O)N2N=C(c3cccs3)CC2c2ccco2)c1. The second-order valence-corrected chi connectivity index (χ2v) is 6.87. The van der Waals surface area contributed by atoms with E-state index in [1.165, 1.54) is 5.01 Å². The number of nitriles is 1. The molecule has 0 aliphatic carbocycles. The average molecular weight is 377 g/mol. The van der Waals surface area contributed by atoms with Crippen molar-refractivity contribution in [2.24, 2.45) is 5.10 Å². The second-order valence-electron chi connectivity index (χ2n) is 5.93. The Hall–Kier alpha value is -3.37. The van der Waals surface area contributed by atoms with Crippen LogP contribution >= 0.6 is 11.3 Å². The molecule has 1 aromatic carbocycles. The summed E-state index contributed by atoms with van der Waals surface area (Å²) in [5.74, 6) is 0.883. The molecule has 0 N–H and O–H groups in total. The van der Waals surface area contributed by atoms with Crippen LogP contribution in [0, 0.1) is 11.3 Å². The van der Waals surface area contributed by atoms with E-state index in [0.717, 1.165) is 10.6 Å². The predicted octanol–water partition coefficient (Wildman–Crippen LogP) is 3.97. The fourth-order valence-electron chi connectivity index (χ4n) is 2.90. The molecule has 1 atom stereocenters. The molecule has 3 aromatic rings. The maximum Gasteiger partial charge on any atom is 0.281 e. The summed E-state index contributed by atoms with van der Waals surface area (Å²) in [7, 11) is 0. The van der Waals surface area contributed by atoms with E-state index < -0.39 is 0 Å². The molecule has 134 valence electrons. The van der Waals surface area contributed by atoms with Crippen LogP contribution in [0.3, 0.4) is 0 Å². The van der Waals surface area contributed by atoms with Crippen molar-refractivity contribution in [2.45, 2.75) is 12.5 Å². The zero-order chi connectivity index (χ0) is 18.6. The number of rotatable bonds is 5. The lowest BCUT2D eigenvalue weighted by atomic mass is 10.1. The van der Waals surface area contributed by atoms with Crippen molar-refractivity contribution in [1.82, 2.24) is 5.01 Å². The van der Waals surface area contributed by atoms with Gasteiger partial charge in [-0.3, -0.25) is 4.79 Å². The average Bonchev–Trinajstić information content (AvgIpc) is 3.46. The molecule has 0 spiro atoms. The summed E-state index contributed by atoms with van der Waals surface area (Å²) in [6.45, 7) is -0.173. The Labute approximate surface area is 159 Å². The lowest BCUT2D eigenvalue weighted by Crippen LogP contribution is -2.31. The third-order valence-corrected chi connectivity index (χ3v) is 5.09. The lowest BCUT2D eigenvalue weighted by Gasteiger charge is -2.20. The Morgan fingerprint density at radius 3 is 3.00 bits per heavy atom. The number of carbonyl (C=O) groups excluding carboxylic acids is 1. The molecule has 4 rings (SSSR count). The van der Waals surface area contributed by atoms with Crippen LogP contribution in [0.2, 0.25) is 0 Å². The molecule has 7 heteroatoms. The molecule has 0 radical (unpaired) electrons. The van der Waals surface area contributed by atoms with E-state index in [0.29, 0.717) is 23.5 Å². The van der Waals surface area contributed by atoms with Gasteiger partial charge in [0.2, 0.25) is 0 Å². The third-order valence-electron chi connectivity index (χ3n) is 4.17. The van der Waals surface area contributed by atoms with Crippen LogP contribution in [0.1, 0.15) is 28.7 Å². The fraction of sp³-hybridized carbons (Fsp3) is 0.150. The smallest absolute Gasteiger partial charge is 0.281 e. The maximum absolute atomic E-state index is 12.8. The largest absolute Gasteiger partial charge is 0.484 e. The van der Waals surface area contributed by atoms with Gasteiger partial charge in [-0.15, -0.1) is 11.3 Å². The van der Waals surface area contributed by atoms with Crippen molar-refractivity contribution in [3.63, 3.8) is 0 Å². The van der Waals surface area contributed by atoms with Gasteiger partial charge in [0.25, 0.3) is 5.91 Å². The number of thiophene rings is 1. The van der Waals surface area contributed by atoms with Crippen molar-refractivity contribution in [3.8, 4) is 11.8 Å². The molecule has 1 amide bonds. The number of nitrogens with zero attached hydrogens (tertiary/aromatic N) is 3. The topological polar surface area (TPSA) is 78.8 Å². The number of carbonyl (C=O) groups is 1. The number of ether oxygens (including phenoxy) is 1. The first kappa shape index (κ1) is 17.1. The van der Waals surface area contributed by atoms with Gasteiger partial charge in [0, 0.05) is 6.42 Å². The molecular formula is C20H15N3O3S. The summed E-state index contributed by atoms with van der Waals surface area (Å²) in [6.07, 6.45) is 2.18. The summed E-state index contributed by atoms with van der Waals surface area (Å²) in [6, 6.07) is 16.0. The van der Waals surface area contributed by atoms with E-state index in [4.69, 9.17) is 14.4 Å². The highest BCUT2D eigenvalue weighted by molar-refractivity contribution is 7.12. The monoisotopic (exact) mass is 377 g/mol. The van der Waals surface area contributed by atoms with Crippen molar-refractivity contribution >= 4 is 23.0 Å². The molecule has 0 saturated carbocycles. The zero-order valence-electron chi connectivity index (χ0n) is 14.2. The molecule has 1 aliphatic heterocycles. The van der Waals surface area contributed by atoms with Gasteiger partial charge in [0.15, 0.2) is 6.61 Å². The van der Waals surface area contributed by atoms with Crippen LogP contribution in [0.4, 0.5) is 0 Å². The summed E-state index contributed by atoms with van der Waals surface area (Å²) >= 11 is 1.59. The Kier molecular flexibility index (Phi) is 4.73. The predicted molar refractivity (Wildman–Crippen MR) is 100 cm³/mol. The highest BCUT2D eigenvalue weighted by Gasteiger charge is 2.35. The molecule has 6 nitrogen and oxygen atoms in total. The number of hydrogen-bond acceptors (Lipinski definition) is 6. The van der Waals surface area contributed by atoms with E-state index in [2.05, 4.69) is 5.10 Å². The molecule has 3 heterocycles. The Morgan fingerprint density at radius 1 is 1.33 bits per heavy atom. The Balaban J connectivity index is 1.52. The standard InChI is InChI=1S/C20H15N3O3S/c21-12-14-4-1-5-15(10-14)26-13-20(24)23-17(18-6-2-8-25-18)11-16(22-23)19-7-3-9-27-19/h1-10,17H,11,13H2. The number of furan rings is 1. The quantitative estimate of drug-likeness (QED) is 0.674. The second kappa shape index (κ2) is 7.48. The maximum atomic E-state index is 12.8. The normalized spacial score (nSPS) is 16.0. The summed E-state index contributed by atoms with van der Waals surface area (Å²) in [4.78, 5) is 13.8. The zero-order valence-corrected chi connectivity index (χ0v) is 15.1. The van der Waals surface area contributed by atoms with Gasteiger partial charge in [0.05, 0.1) is 28.5 Å². The molecule has 0 saturated heterocycles. The first-order valence-corrected chi connectivity index (χ1v) is 9.22. The van der Waals surface area contributed by atoms with Crippen molar-refractivity contribution < 1.29 is 13.9 Å². The summed E-state index contributed by atoms with van der Waals surface area (Å²) in [5, 5.41) is 16.9.